The maximum absolute atomic E-state index is 14.1. The first-order chi connectivity index (χ1) is 11.4. The van der Waals surface area contributed by atoms with Crippen LogP contribution in [0, 0.1) is 5.82 Å². The summed E-state index contributed by atoms with van der Waals surface area (Å²) in [6, 6.07) is 8.52. The lowest BCUT2D eigenvalue weighted by atomic mass is 9.97. The maximum Gasteiger partial charge on any atom is 0.416 e. The van der Waals surface area contributed by atoms with Crippen molar-refractivity contribution in [1.82, 2.24) is 9.88 Å². The highest BCUT2D eigenvalue weighted by atomic mass is 19.4. The SMILES string of the molecule is Fc1cc(C(F)(F)F)ccc1CN1CCCCC1c1ccccn1. The van der Waals surface area contributed by atoms with Crippen LogP contribution in [0.15, 0.2) is 42.6 Å². The number of hydrogen-bond acceptors (Lipinski definition) is 2. The molecule has 2 nitrogen and oxygen atoms in total. The number of pyridine rings is 1. The first-order valence-corrected chi connectivity index (χ1v) is 7.96. The lowest BCUT2D eigenvalue weighted by molar-refractivity contribution is -0.137. The fourth-order valence-electron chi connectivity index (χ4n) is 3.16. The monoisotopic (exact) mass is 338 g/mol. The molecule has 1 atom stereocenters. The van der Waals surface area contributed by atoms with Crippen molar-refractivity contribution >= 4 is 0 Å². The smallest absolute Gasteiger partial charge is 0.290 e. The van der Waals surface area contributed by atoms with E-state index in [1.165, 1.54) is 6.07 Å². The summed E-state index contributed by atoms with van der Waals surface area (Å²) in [5, 5.41) is 0. The highest BCUT2D eigenvalue weighted by Crippen LogP contribution is 2.33. The highest BCUT2D eigenvalue weighted by molar-refractivity contribution is 5.26. The van der Waals surface area contributed by atoms with E-state index in [1.54, 1.807) is 6.20 Å². The molecular weight excluding hydrogens is 320 g/mol. The fraction of sp³-hybridized carbons (Fsp3) is 0.389. The first-order valence-electron chi connectivity index (χ1n) is 7.96. The number of nitrogens with zero attached hydrogens (tertiary/aromatic N) is 2. The van der Waals surface area contributed by atoms with Crippen molar-refractivity contribution in [1.29, 1.82) is 0 Å². The quantitative estimate of drug-likeness (QED) is 0.735. The normalized spacial score (nSPS) is 19.4. The number of rotatable bonds is 3. The van der Waals surface area contributed by atoms with Gasteiger partial charge in [0.15, 0.2) is 0 Å². The molecule has 1 aromatic heterocycles. The van der Waals surface area contributed by atoms with E-state index in [0.717, 1.165) is 37.6 Å². The predicted molar refractivity (Wildman–Crippen MR) is 82.6 cm³/mol. The second-order valence-corrected chi connectivity index (χ2v) is 6.04. The van der Waals surface area contributed by atoms with E-state index >= 15 is 0 Å². The molecule has 0 saturated carbocycles. The van der Waals surface area contributed by atoms with Gasteiger partial charge in [-0.05, 0) is 43.7 Å². The van der Waals surface area contributed by atoms with E-state index in [4.69, 9.17) is 0 Å². The summed E-state index contributed by atoms with van der Waals surface area (Å²) >= 11 is 0. The molecular formula is C18H18F4N2. The van der Waals surface area contributed by atoms with E-state index in [9.17, 15) is 17.6 Å². The Hall–Kier alpha value is -1.95. The maximum atomic E-state index is 14.1. The van der Waals surface area contributed by atoms with Crippen molar-refractivity contribution < 1.29 is 17.6 Å². The first kappa shape index (κ1) is 16.9. The van der Waals surface area contributed by atoms with Crippen molar-refractivity contribution in [3.05, 3.63) is 65.2 Å². The average Bonchev–Trinajstić information content (AvgIpc) is 2.57. The summed E-state index contributed by atoms with van der Waals surface area (Å²) in [4.78, 5) is 6.47. The van der Waals surface area contributed by atoms with Crippen molar-refractivity contribution in [2.75, 3.05) is 6.54 Å². The van der Waals surface area contributed by atoms with Gasteiger partial charge in [0, 0.05) is 18.3 Å². The Bertz CT molecular complexity index is 685. The van der Waals surface area contributed by atoms with Crippen LogP contribution < -0.4 is 0 Å². The van der Waals surface area contributed by atoms with Crippen molar-refractivity contribution in [2.24, 2.45) is 0 Å². The molecule has 1 fully saturated rings. The molecule has 24 heavy (non-hydrogen) atoms. The Kier molecular flexibility index (Phi) is 4.85. The van der Waals surface area contributed by atoms with Gasteiger partial charge in [-0.3, -0.25) is 9.88 Å². The predicted octanol–water partition coefficient (Wildman–Crippen LogP) is 4.97. The van der Waals surface area contributed by atoms with Crippen LogP contribution in [0.5, 0.6) is 0 Å². The Balaban J connectivity index is 1.81. The molecule has 6 heteroatoms. The fourth-order valence-corrected chi connectivity index (χ4v) is 3.16. The summed E-state index contributed by atoms with van der Waals surface area (Å²) in [6.07, 6.45) is 0.167. The lowest BCUT2D eigenvalue weighted by Gasteiger charge is -2.35. The van der Waals surface area contributed by atoms with E-state index in [-0.39, 0.29) is 18.2 Å². The van der Waals surface area contributed by atoms with Gasteiger partial charge in [0.05, 0.1) is 17.3 Å². The molecule has 2 aromatic rings. The molecule has 128 valence electrons. The molecule has 0 aliphatic carbocycles. The van der Waals surface area contributed by atoms with Crippen LogP contribution >= 0.6 is 0 Å². The van der Waals surface area contributed by atoms with Gasteiger partial charge < -0.3 is 0 Å². The standard InChI is InChI=1S/C18H18F4N2/c19-15-11-14(18(20,21)22)8-7-13(15)12-24-10-4-2-6-17(24)16-5-1-3-9-23-16/h1,3,5,7-9,11,17H,2,4,6,10,12H2. The molecule has 3 rings (SSSR count). The van der Waals surface area contributed by atoms with Gasteiger partial charge in [-0.2, -0.15) is 13.2 Å². The number of alkyl halides is 3. The van der Waals surface area contributed by atoms with Crippen molar-refractivity contribution in [3.63, 3.8) is 0 Å². The molecule has 1 aliphatic heterocycles. The van der Waals surface area contributed by atoms with Gasteiger partial charge in [0.2, 0.25) is 0 Å². The number of piperidine rings is 1. The molecule has 0 amide bonds. The lowest BCUT2D eigenvalue weighted by Crippen LogP contribution is -2.33. The van der Waals surface area contributed by atoms with E-state index in [0.29, 0.717) is 6.07 Å². The summed E-state index contributed by atoms with van der Waals surface area (Å²) in [5.74, 6) is -0.810. The van der Waals surface area contributed by atoms with E-state index in [2.05, 4.69) is 9.88 Å². The third-order valence-electron chi connectivity index (χ3n) is 4.40. The van der Waals surface area contributed by atoms with E-state index in [1.807, 2.05) is 18.2 Å². The minimum atomic E-state index is -4.53. The van der Waals surface area contributed by atoms with Gasteiger partial charge in [0.25, 0.3) is 0 Å². The second-order valence-electron chi connectivity index (χ2n) is 6.04. The summed E-state index contributed by atoms with van der Waals surface area (Å²) in [7, 11) is 0. The minimum Gasteiger partial charge on any atom is -0.290 e. The number of likely N-dealkylation sites (tertiary alicyclic amines) is 1. The zero-order chi connectivity index (χ0) is 17.2. The molecule has 1 saturated heterocycles. The van der Waals surface area contributed by atoms with Gasteiger partial charge in [-0.25, -0.2) is 4.39 Å². The Labute approximate surface area is 138 Å². The Morgan fingerprint density at radius 2 is 1.96 bits per heavy atom. The molecule has 1 unspecified atom stereocenters. The highest BCUT2D eigenvalue weighted by Gasteiger charge is 2.32. The van der Waals surface area contributed by atoms with Gasteiger partial charge >= 0.3 is 6.18 Å². The molecule has 0 N–H and O–H groups in total. The van der Waals surface area contributed by atoms with Crippen molar-refractivity contribution in [2.45, 2.75) is 38.0 Å². The Morgan fingerprint density at radius 3 is 2.62 bits per heavy atom. The molecule has 0 spiro atoms. The third-order valence-corrected chi connectivity index (χ3v) is 4.40. The zero-order valence-electron chi connectivity index (χ0n) is 13.1. The molecule has 0 radical (unpaired) electrons. The largest absolute Gasteiger partial charge is 0.416 e. The Morgan fingerprint density at radius 1 is 1.12 bits per heavy atom. The zero-order valence-corrected chi connectivity index (χ0v) is 13.1. The van der Waals surface area contributed by atoms with Crippen molar-refractivity contribution in [3.8, 4) is 0 Å². The minimum absolute atomic E-state index is 0.0710. The average molecular weight is 338 g/mol. The number of benzene rings is 1. The van der Waals surface area contributed by atoms with Crippen LogP contribution in [0.1, 0.15) is 42.1 Å². The summed E-state index contributed by atoms with van der Waals surface area (Å²) in [5.41, 5.74) is 0.249. The summed E-state index contributed by atoms with van der Waals surface area (Å²) < 4.78 is 52.1. The topological polar surface area (TPSA) is 16.1 Å². The molecule has 0 bridgehead atoms. The van der Waals surface area contributed by atoms with Crippen LogP contribution in [0.3, 0.4) is 0 Å². The molecule has 1 aliphatic rings. The van der Waals surface area contributed by atoms with Crippen LogP contribution in [-0.2, 0) is 12.7 Å². The number of aromatic nitrogens is 1. The molecule has 2 heterocycles. The van der Waals surface area contributed by atoms with E-state index < -0.39 is 17.6 Å². The summed E-state index contributed by atoms with van der Waals surface area (Å²) in [6.45, 7) is 1.06. The van der Waals surface area contributed by atoms with Crippen LogP contribution in [0.4, 0.5) is 17.6 Å². The third kappa shape index (κ3) is 3.75. The number of hydrogen-bond donors (Lipinski definition) is 0. The van der Waals surface area contributed by atoms with Gasteiger partial charge in [0.1, 0.15) is 5.82 Å². The van der Waals surface area contributed by atoms with Crippen LogP contribution in [-0.4, -0.2) is 16.4 Å². The van der Waals surface area contributed by atoms with Crippen LogP contribution in [0.2, 0.25) is 0 Å². The second kappa shape index (κ2) is 6.89. The van der Waals surface area contributed by atoms with Gasteiger partial charge in [-0.15, -0.1) is 0 Å². The van der Waals surface area contributed by atoms with Gasteiger partial charge in [-0.1, -0.05) is 18.6 Å². The van der Waals surface area contributed by atoms with Crippen LogP contribution in [0.25, 0.3) is 0 Å². The number of halogens is 4. The molecule has 1 aromatic carbocycles.